The number of rotatable bonds is 1. The Morgan fingerprint density at radius 3 is 2.53 bits per heavy atom. The van der Waals surface area contributed by atoms with Crippen molar-refractivity contribution in [2.75, 3.05) is 0 Å². The molecule has 17 heavy (non-hydrogen) atoms. The van der Waals surface area contributed by atoms with E-state index in [-0.39, 0.29) is 0 Å². The SMILES string of the molecule is Cc1nnc(-c2cnc3ccccc3n2)n1C. The van der Waals surface area contributed by atoms with E-state index in [1.54, 1.807) is 6.20 Å². The molecule has 2 heterocycles. The highest BCUT2D eigenvalue weighted by Crippen LogP contribution is 2.16. The molecule has 3 aromatic rings. The molecule has 0 bridgehead atoms. The summed E-state index contributed by atoms with van der Waals surface area (Å²) in [6.45, 7) is 1.91. The highest BCUT2D eigenvalue weighted by Gasteiger charge is 2.10. The summed E-state index contributed by atoms with van der Waals surface area (Å²) in [5, 5.41) is 8.12. The van der Waals surface area contributed by atoms with Gasteiger partial charge in [0.25, 0.3) is 0 Å². The van der Waals surface area contributed by atoms with Crippen molar-refractivity contribution in [3.63, 3.8) is 0 Å². The van der Waals surface area contributed by atoms with Gasteiger partial charge in [0.05, 0.1) is 17.2 Å². The first-order valence-corrected chi connectivity index (χ1v) is 5.34. The van der Waals surface area contributed by atoms with Gasteiger partial charge in [-0.1, -0.05) is 12.1 Å². The number of aryl methyl sites for hydroxylation is 1. The fraction of sp³-hybridized carbons (Fsp3) is 0.167. The van der Waals surface area contributed by atoms with Crippen LogP contribution in [0.15, 0.2) is 30.5 Å². The van der Waals surface area contributed by atoms with Crippen LogP contribution in [0, 0.1) is 6.92 Å². The predicted octanol–water partition coefficient (Wildman–Crippen LogP) is 1.73. The van der Waals surface area contributed by atoms with Crippen LogP contribution in [0.2, 0.25) is 0 Å². The van der Waals surface area contributed by atoms with Gasteiger partial charge < -0.3 is 4.57 Å². The van der Waals surface area contributed by atoms with Crippen molar-refractivity contribution in [3.05, 3.63) is 36.3 Å². The first-order valence-electron chi connectivity index (χ1n) is 5.34. The first kappa shape index (κ1) is 9.89. The van der Waals surface area contributed by atoms with Gasteiger partial charge in [-0.3, -0.25) is 4.98 Å². The monoisotopic (exact) mass is 225 g/mol. The molecule has 1 aromatic carbocycles. The van der Waals surface area contributed by atoms with Gasteiger partial charge in [-0.15, -0.1) is 10.2 Å². The molecule has 5 nitrogen and oxygen atoms in total. The maximum absolute atomic E-state index is 4.53. The van der Waals surface area contributed by atoms with Gasteiger partial charge in [-0.2, -0.15) is 0 Å². The lowest BCUT2D eigenvalue weighted by molar-refractivity contribution is 0.861. The Labute approximate surface area is 98.2 Å². The molecule has 3 rings (SSSR count). The third-order valence-corrected chi connectivity index (χ3v) is 2.77. The van der Waals surface area contributed by atoms with Gasteiger partial charge in [0.1, 0.15) is 11.5 Å². The minimum absolute atomic E-state index is 0.737. The molecule has 84 valence electrons. The Kier molecular flexibility index (Phi) is 2.11. The lowest BCUT2D eigenvalue weighted by Gasteiger charge is -2.02. The van der Waals surface area contributed by atoms with E-state index in [0.717, 1.165) is 28.4 Å². The number of hydrogen-bond acceptors (Lipinski definition) is 4. The zero-order chi connectivity index (χ0) is 11.8. The molecular formula is C12H11N5. The van der Waals surface area contributed by atoms with Crippen molar-refractivity contribution in [1.82, 2.24) is 24.7 Å². The van der Waals surface area contributed by atoms with Crippen LogP contribution in [-0.4, -0.2) is 24.7 Å². The summed E-state index contributed by atoms with van der Waals surface area (Å²) in [7, 11) is 1.92. The van der Waals surface area contributed by atoms with E-state index in [0.29, 0.717) is 0 Å². The molecule has 0 N–H and O–H groups in total. The Bertz CT molecular complexity index is 686. The predicted molar refractivity (Wildman–Crippen MR) is 64.3 cm³/mol. The molecule has 0 unspecified atom stereocenters. The molecule has 2 aromatic heterocycles. The Morgan fingerprint density at radius 1 is 1.06 bits per heavy atom. The molecule has 0 radical (unpaired) electrons. The Morgan fingerprint density at radius 2 is 1.82 bits per heavy atom. The number of hydrogen-bond donors (Lipinski definition) is 0. The van der Waals surface area contributed by atoms with Crippen molar-refractivity contribution >= 4 is 11.0 Å². The molecule has 0 atom stereocenters. The molecular weight excluding hydrogens is 214 g/mol. The lowest BCUT2D eigenvalue weighted by atomic mass is 10.3. The maximum Gasteiger partial charge on any atom is 0.183 e. The highest BCUT2D eigenvalue weighted by molar-refractivity contribution is 5.75. The number of nitrogens with zero attached hydrogens (tertiary/aromatic N) is 5. The standard InChI is InChI=1S/C12H11N5/c1-8-15-16-12(17(8)2)11-7-13-9-5-3-4-6-10(9)14-11/h3-7H,1-2H3. The highest BCUT2D eigenvalue weighted by atomic mass is 15.3. The van der Waals surface area contributed by atoms with Gasteiger partial charge in [-0.05, 0) is 19.1 Å². The second kappa shape index (κ2) is 3.62. The van der Waals surface area contributed by atoms with Crippen LogP contribution in [0.25, 0.3) is 22.6 Å². The van der Waals surface area contributed by atoms with E-state index in [2.05, 4.69) is 20.2 Å². The zero-order valence-corrected chi connectivity index (χ0v) is 9.62. The van der Waals surface area contributed by atoms with Crippen LogP contribution in [0.4, 0.5) is 0 Å². The van der Waals surface area contributed by atoms with E-state index in [1.807, 2.05) is 42.8 Å². The summed E-state index contributed by atoms with van der Waals surface area (Å²) in [4.78, 5) is 8.90. The molecule has 0 aliphatic carbocycles. The van der Waals surface area contributed by atoms with Crippen LogP contribution in [-0.2, 0) is 7.05 Å². The van der Waals surface area contributed by atoms with E-state index in [4.69, 9.17) is 0 Å². The van der Waals surface area contributed by atoms with E-state index in [9.17, 15) is 0 Å². The fourth-order valence-corrected chi connectivity index (χ4v) is 1.70. The molecule has 0 amide bonds. The number of fused-ring (bicyclic) bond motifs is 1. The van der Waals surface area contributed by atoms with Crippen molar-refractivity contribution in [2.24, 2.45) is 7.05 Å². The Balaban J connectivity index is 2.21. The van der Waals surface area contributed by atoms with Crippen LogP contribution in [0.5, 0.6) is 0 Å². The van der Waals surface area contributed by atoms with Gasteiger partial charge in [0.2, 0.25) is 0 Å². The third-order valence-electron chi connectivity index (χ3n) is 2.77. The van der Waals surface area contributed by atoms with E-state index < -0.39 is 0 Å². The number of aromatic nitrogens is 5. The largest absolute Gasteiger partial charge is 0.313 e. The molecule has 0 aliphatic rings. The second-order valence-corrected chi connectivity index (χ2v) is 3.87. The summed E-state index contributed by atoms with van der Waals surface area (Å²) in [6.07, 6.45) is 1.73. The molecule has 0 fully saturated rings. The van der Waals surface area contributed by atoms with Crippen LogP contribution in [0.1, 0.15) is 5.82 Å². The number of para-hydroxylation sites is 2. The second-order valence-electron chi connectivity index (χ2n) is 3.87. The molecule has 5 heteroatoms. The fourth-order valence-electron chi connectivity index (χ4n) is 1.70. The van der Waals surface area contributed by atoms with Crippen LogP contribution < -0.4 is 0 Å². The third kappa shape index (κ3) is 1.56. The minimum atomic E-state index is 0.737. The average Bonchev–Trinajstić information content (AvgIpc) is 2.70. The maximum atomic E-state index is 4.53. The Hall–Kier alpha value is -2.30. The summed E-state index contributed by atoms with van der Waals surface area (Å²) < 4.78 is 1.90. The van der Waals surface area contributed by atoms with Crippen LogP contribution >= 0.6 is 0 Å². The topological polar surface area (TPSA) is 56.5 Å². The van der Waals surface area contributed by atoms with Gasteiger partial charge in [0, 0.05) is 7.05 Å². The van der Waals surface area contributed by atoms with Crippen molar-refractivity contribution < 1.29 is 0 Å². The van der Waals surface area contributed by atoms with Crippen molar-refractivity contribution in [1.29, 1.82) is 0 Å². The average molecular weight is 225 g/mol. The van der Waals surface area contributed by atoms with Crippen molar-refractivity contribution in [2.45, 2.75) is 6.92 Å². The normalized spacial score (nSPS) is 10.9. The quantitative estimate of drug-likeness (QED) is 0.633. The summed E-state index contributed by atoms with van der Waals surface area (Å²) >= 11 is 0. The molecule has 0 saturated heterocycles. The smallest absolute Gasteiger partial charge is 0.183 e. The molecule has 0 spiro atoms. The van der Waals surface area contributed by atoms with Gasteiger partial charge in [0.15, 0.2) is 5.82 Å². The minimum Gasteiger partial charge on any atom is -0.313 e. The molecule has 0 saturated carbocycles. The lowest BCUT2D eigenvalue weighted by Crippen LogP contribution is -1.97. The van der Waals surface area contributed by atoms with E-state index in [1.165, 1.54) is 0 Å². The summed E-state index contributed by atoms with van der Waals surface area (Å²) in [6, 6.07) is 7.77. The summed E-state index contributed by atoms with van der Waals surface area (Å²) in [5.74, 6) is 1.59. The van der Waals surface area contributed by atoms with Crippen LogP contribution in [0.3, 0.4) is 0 Å². The summed E-state index contributed by atoms with van der Waals surface area (Å²) in [5.41, 5.74) is 2.49. The first-order chi connectivity index (χ1) is 8.25. The van der Waals surface area contributed by atoms with Gasteiger partial charge >= 0.3 is 0 Å². The van der Waals surface area contributed by atoms with Gasteiger partial charge in [-0.25, -0.2) is 4.98 Å². The number of benzene rings is 1. The molecule has 0 aliphatic heterocycles. The zero-order valence-electron chi connectivity index (χ0n) is 9.62. The van der Waals surface area contributed by atoms with E-state index >= 15 is 0 Å². The van der Waals surface area contributed by atoms with Crippen molar-refractivity contribution in [3.8, 4) is 11.5 Å².